The van der Waals surface area contributed by atoms with Gasteiger partial charge in [-0.15, -0.1) is 10.2 Å². The number of hydrogen-bond donors (Lipinski definition) is 0. The zero-order valence-corrected chi connectivity index (χ0v) is 15.0. The molecule has 1 aliphatic carbocycles. The maximum atomic E-state index is 6.35. The van der Waals surface area contributed by atoms with Gasteiger partial charge in [-0.3, -0.25) is 4.57 Å². The molecule has 0 saturated heterocycles. The molecule has 1 unspecified atom stereocenters. The molecule has 1 atom stereocenters. The van der Waals surface area contributed by atoms with E-state index in [-0.39, 0.29) is 5.25 Å². The summed E-state index contributed by atoms with van der Waals surface area (Å²) in [5, 5.41) is 10.9. The predicted octanol–water partition coefficient (Wildman–Crippen LogP) is 5.65. The zero-order valence-electron chi connectivity index (χ0n) is 13.4. The van der Waals surface area contributed by atoms with E-state index in [1.807, 2.05) is 24.3 Å². The molecule has 1 aliphatic rings. The van der Waals surface area contributed by atoms with Gasteiger partial charge in [-0.2, -0.15) is 0 Å². The Morgan fingerprint density at radius 3 is 2.46 bits per heavy atom. The van der Waals surface area contributed by atoms with E-state index in [1.54, 1.807) is 11.8 Å². The summed E-state index contributed by atoms with van der Waals surface area (Å²) >= 11 is 8.05. The number of aromatic nitrogens is 3. The van der Waals surface area contributed by atoms with E-state index in [9.17, 15) is 0 Å². The van der Waals surface area contributed by atoms with Gasteiger partial charge < -0.3 is 0 Å². The third-order valence-electron chi connectivity index (χ3n) is 4.24. The van der Waals surface area contributed by atoms with Crippen molar-refractivity contribution in [3.63, 3.8) is 0 Å². The van der Waals surface area contributed by atoms with E-state index in [1.165, 1.54) is 12.8 Å². The van der Waals surface area contributed by atoms with Crippen LogP contribution in [-0.4, -0.2) is 14.8 Å². The van der Waals surface area contributed by atoms with Crippen LogP contribution in [0.1, 0.15) is 42.3 Å². The highest BCUT2D eigenvalue weighted by atomic mass is 35.5. The molecule has 1 heterocycles. The van der Waals surface area contributed by atoms with Crippen molar-refractivity contribution in [2.24, 2.45) is 0 Å². The third kappa shape index (κ3) is 3.08. The molecule has 0 amide bonds. The Morgan fingerprint density at radius 2 is 1.75 bits per heavy atom. The average molecular weight is 356 g/mol. The van der Waals surface area contributed by atoms with Crippen molar-refractivity contribution < 1.29 is 0 Å². The Bertz CT molecular complexity index is 843. The van der Waals surface area contributed by atoms with Gasteiger partial charge in [0, 0.05) is 21.9 Å². The number of rotatable bonds is 5. The van der Waals surface area contributed by atoms with Crippen LogP contribution in [0.15, 0.2) is 59.8 Å². The maximum absolute atomic E-state index is 6.35. The van der Waals surface area contributed by atoms with Crippen LogP contribution < -0.4 is 0 Å². The summed E-state index contributed by atoms with van der Waals surface area (Å²) < 4.78 is 2.20. The normalized spacial score (nSPS) is 15.4. The van der Waals surface area contributed by atoms with Gasteiger partial charge in [-0.1, -0.05) is 59.8 Å². The standard InChI is InChI=1S/C19H18ClN3S/c1-13(16-9-5-6-10-17(16)20)24-19-22-21-18(14-11-12-14)23(19)15-7-3-2-4-8-15/h2-10,13-14H,11-12H2,1H3. The van der Waals surface area contributed by atoms with Crippen LogP contribution in [0.25, 0.3) is 5.69 Å². The van der Waals surface area contributed by atoms with E-state index < -0.39 is 0 Å². The molecule has 1 fully saturated rings. The molecule has 0 spiro atoms. The van der Waals surface area contributed by atoms with E-state index in [0.29, 0.717) is 5.92 Å². The van der Waals surface area contributed by atoms with Gasteiger partial charge in [0.25, 0.3) is 0 Å². The van der Waals surface area contributed by atoms with Crippen LogP contribution in [0.3, 0.4) is 0 Å². The van der Waals surface area contributed by atoms with E-state index in [0.717, 1.165) is 27.3 Å². The van der Waals surface area contributed by atoms with E-state index >= 15 is 0 Å². The fourth-order valence-electron chi connectivity index (χ4n) is 2.81. The molecule has 2 aromatic carbocycles. The maximum Gasteiger partial charge on any atom is 0.196 e. The minimum absolute atomic E-state index is 0.206. The first-order valence-corrected chi connectivity index (χ1v) is 9.41. The Hall–Kier alpha value is -1.78. The van der Waals surface area contributed by atoms with Crippen molar-refractivity contribution >= 4 is 23.4 Å². The average Bonchev–Trinajstić information content (AvgIpc) is 3.37. The first-order valence-electron chi connectivity index (χ1n) is 8.16. The largest absolute Gasteiger partial charge is 0.274 e. The summed E-state index contributed by atoms with van der Waals surface area (Å²) in [6.45, 7) is 2.16. The van der Waals surface area contributed by atoms with Gasteiger partial charge in [-0.05, 0) is 43.5 Å². The highest BCUT2D eigenvalue weighted by molar-refractivity contribution is 7.99. The minimum Gasteiger partial charge on any atom is -0.274 e. The lowest BCUT2D eigenvalue weighted by molar-refractivity contribution is 0.826. The van der Waals surface area contributed by atoms with Gasteiger partial charge in [0.1, 0.15) is 5.82 Å². The van der Waals surface area contributed by atoms with Crippen LogP contribution in [0.2, 0.25) is 5.02 Å². The lowest BCUT2D eigenvalue weighted by Crippen LogP contribution is -2.02. The molecule has 5 heteroatoms. The summed E-state index contributed by atoms with van der Waals surface area (Å²) in [7, 11) is 0. The van der Waals surface area contributed by atoms with Gasteiger partial charge in [-0.25, -0.2) is 0 Å². The SMILES string of the molecule is CC(Sc1nnc(C2CC2)n1-c1ccccc1)c1ccccc1Cl. The molecular formula is C19H18ClN3S. The fraction of sp³-hybridized carbons (Fsp3) is 0.263. The van der Waals surface area contributed by atoms with Gasteiger partial charge in [0.05, 0.1) is 0 Å². The Labute approximate surface area is 151 Å². The fourth-order valence-corrected chi connectivity index (χ4v) is 4.21. The smallest absolute Gasteiger partial charge is 0.196 e. The van der Waals surface area contributed by atoms with Crippen LogP contribution in [-0.2, 0) is 0 Å². The monoisotopic (exact) mass is 355 g/mol. The molecule has 3 nitrogen and oxygen atoms in total. The van der Waals surface area contributed by atoms with Crippen LogP contribution >= 0.6 is 23.4 Å². The Balaban J connectivity index is 1.70. The molecule has 1 aromatic heterocycles. The lowest BCUT2D eigenvalue weighted by Gasteiger charge is -2.14. The second-order valence-electron chi connectivity index (χ2n) is 6.07. The summed E-state index contributed by atoms with van der Waals surface area (Å²) in [5.74, 6) is 1.62. The van der Waals surface area contributed by atoms with Crippen LogP contribution in [0, 0.1) is 0 Å². The molecule has 0 N–H and O–H groups in total. The van der Waals surface area contributed by atoms with Crippen LogP contribution in [0.5, 0.6) is 0 Å². The molecule has 24 heavy (non-hydrogen) atoms. The van der Waals surface area contributed by atoms with Crippen molar-refractivity contribution in [2.75, 3.05) is 0 Å². The summed E-state index contributed by atoms with van der Waals surface area (Å²) in [5.41, 5.74) is 2.25. The molecule has 1 saturated carbocycles. The first kappa shape index (κ1) is 15.7. The van der Waals surface area contributed by atoms with Gasteiger partial charge in [0.15, 0.2) is 5.16 Å². The second kappa shape index (κ2) is 6.61. The van der Waals surface area contributed by atoms with E-state index in [4.69, 9.17) is 11.6 Å². The lowest BCUT2D eigenvalue weighted by atomic mass is 10.2. The van der Waals surface area contributed by atoms with Gasteiger partial charge in [0.2, 0.25) is 0 Å². The Morgan fingerprint density at radius 1 is 1.04 bits per heavy atom. The first-order chi connectivity index (χ1) is 11.7. The topological polar surface area (TPSA) is 30.7 Å². The Kier molecular flexibility index (Phi) is 4.33. The summed E-state index contributed by atoms with van der Waals surface area (Å²) in [6.07, 6.45) is 2.41. The molecule has 0 bridgehead atoms. The quantitative estimate of drug-likeness (QED) is 0.554. The second-order valence-corrected chi connectivity index (χ2v) is 7.78. The van der Waals surface area contributed by atoms with Crippen molar-refractivity contribution in [2.45, 2.75) is 36.1 Å². The number of nitrogens with zero attached hydrogens (tertiary/aromatic N) is 3. The number of halogens is 1. The van der Waals surface area contributed by atoms with Crippen molar-refractivity contribution in [1.29, 1.82) is 0 Å². The van der Waals surface area contributed by atoms with Crippen molar-refractivity contribution in [1.82, 2.24) is 14.8 Å². The van der Waals surface area contributed by atoms with Gasteiger partial charge >= 0.3 is 0 Å². The molecule has 0 aliphatic heterocycles. The van der Waals surface area contributed by atoms with E-state index in [2.05, 4.69) is 52.0 Å². The number of para-hydroxylation sites is 1. The highest BCUT2D eigenvalue weighted by Gasteiger charge is 2.31. The predicted molar refractivity (Wildman–Crippen MR) is 99.1 cm³/mol. The number of benzene rings is 2. The third-order valence-corrected chi connectivity index (χ3v) is 5.67. The highest BCUT2D eigenvalue weighted by Crippen LogP contribution is 2.43. The van der Waals surface area contributed by atoms with Crippen LogP contribution in [0.4, 0.5) is 0 Å². The number of thioether (sulfide) groups is 1. The molecule has 122 valence electrons. The zero-order chi connectivity index (χ0) is 16.5. The molecule has 4 rings (SSSR count). The molecule has 3 aromatic rings. The van der Waals surface area contributed by atoms with Crippen molar-refractivity contribution in [3.8, 4) is 5.69 Å². The number of hydrogen-bond acceptors (Lipinski definition) is 3. The summed E-state index contributed by atoms with van der Waals surface area (Å²) in [4.78, 5) is 0. The minimum atomic E-state index is 0.206. The van der Waals surface area contributed by atoms with Crippen molar-refractivity contribution in [3.05, 3.63) is 71.0 Å². The molecular weight excluding hydrogens is 338 g/mol. The molecule has 0 radical (unpaired) electrons. The summed E-state index contributed by atoms with van der Waals surface area (Å²) in [6, 6.07) is 18.4.